The standard InChI is InChI=1S/C18H18ClNO5.ClH/c1-2-24-17(22)10-25-16-6-4-12(8-14(16)19)18(23)11-3-5-15(21)13(7-11)9-20;/h3-8,21H,2,9-10,20H2,1H3;1H. The number of hydrogen-bond donors (Lipinski definition) is 2. The lowest BCUT2D eigenvalue weighted by molar-refractivity contribution is -0.145. The van der Waals surface area contributed by atoms with E-state index in [2.05, 4.69) is 0 Å². The number of rotatable bonds is 7. The number of benzene rings is 2. The van der Waals surface area contributed by atoms with Crippen LogP contribution in [0.3, 0.4) is 0 Å². The van der Waals surface area contributed by atoms with Gasteiger partial charge in [0.1, 0.15) is 11.5 Å². The Balaban J connectivity index is 0.00000338. The van der Waals surface area contributed by atoms with Crippen molar-refractivity contribution in [2.75, 3.05) is 13.2 Å². The fraction of sp³-hybridized carbons (Fsp3) is 0.222. The van der Waals surface area contributed by atoms with E-state index in [0.717, 1.165) is 0 Å². The molecule has 8 heteroatoms. The van der Waals surface area contributed by atoms with Gasteiger partial charge in [-0.15, -0.1) is 12.4 Å². The Kier molecular flexibility index (Phi) is 8.38. The zero-order valence-electron chi connectivity index (χ0n) is 14.0. The molecule has 0 saturated carbocycles. The second kappa shape index (κ2) is 10.0. The SMILES string of the molecule is CCOC(=O)COc1ccc(C(=O)c2ccc(O)c(CN)c2)cc1Cl.Cl. The van der Waals surface area contributed by atoms with Gasteiger partial charge in [-0.25, -0.2) is 4.79 Å². The van der Waals surface area contributed by atoms with Gasteiger partial charge in [0.05, 0.1) is 11.6 Å². The average molecular weight is 400 g/mol. The summed E-state index contributed by atoms with van der Waals surface area (Å²) in [5.41, 5.74) is 6.75. The molecule has 0 fully saturated rings. The third-order valence-corrected chi connectivity index (χ3v) is 3.70. The number of nitrogens with two attached hydrogens (primary N) is 1. The summed E-state index contributed by atoms with van der Waals surface area (Å²) >= 11 is 6.12. The van der Waals surface area contributed by atoms with Crippen LogP contribution in [0.4, 0.5) is 0 Å². The highest BCUT2D eigenvalue weighted by molar-refractivity contribution is 6.32. The van der Waals surface area contributed by atoms with Crippen molar-refractivity contribution >= 4 is 35.8 Å². The summed E-state index contributed by atoms with van der Waals surface area (Å²) in [4.78, 5) is 23.8. The summed E-state index contributed by atoms with van der Waals surface area (Å²) in [6.07, 6.45) is 0. The Bertz CT molecular complexity index is 795. The van der Waals surface area contributed by atoms with E-state index < -0.39 is 5.97 Å². The molecule has 0 unspecified atom stereocenters. The van der Waals surface area contributed by atoms with Crippen LogP contribution < -0.4 is 10.5 Å². The summed E-state index contributed by atoms with van der Waals surface area (Å²) < 4.78 is 10.0. The number of halogens is 2. The highest BCUT2D eigenvalue weighted by Crippen LogP contribution is 2.27. The van der Waals surface area contributed by atoms with Crippen LogP contribution in [-0.4, -0.2) is 30.1 Å². The van der Waals surface area contributed by atoms with Gasteiger partial charge in [0.25, 0.3) is 0 Å². The Labute approximate surface area is 162 Å². The Hall–Kier alpha value is -2.28. The molecular weight excluding hydrogens is 381 g/mol. The van der Waals surface area contributed by atoms with Crippen molar-refractivity contribution in [3.8, 4) is 11.5 Å². The van der Waals surface area contributed by atoms with Crippen molar-refractivity contribution in [1.29, 1.82) is 0 Å². The van der Waals surface area contributed by atoms with E-state index in [0.29, 0.717) is 16.7 Å². The highest BCUT2D eigenvalue weighted by atomic mass is 35.5. The zero-order valence-corrected chi connectivity index (χ0v) is 15.6. The van der Waals surface area contributed by atoms with Crippen molar-refractivity contribution in [2.24, 2.45) is 5.73 Å². The van der Waals surface area contributed by atoms with Gasteiger partial charge in [0.15, 0.2) is 12.4 Å². The molecular formula is C18H19Cl2NO5. The summed E-state index contributed by atoms with van der Waals surface area (Å²) in [7, 11) is 0. The first-order valence-electron chi connectivity index (χ1n) is 7.60. The number of ether oxygens (including phenoxy) is 2. The molecule has 0 radical (unpaired) electrons. The highest BCUT2D eigenvalue weighted by Gasteiger charge is 2.14. The second-order valence-corrected chi connectivity index (χ2v) is 5.52. The molecule has 0 heterocycles. The predicted octanol–water partition coefficient (Wildman–Crippen LogP) is 3.10. The lowest BCUT2D eigenvalue weighted by atomic mass is 10.0. The lowest BCUT2D eigenvalue weighted by Crippen LogP contribution is -2.14. The van der Waals surface area contributed by atoms with Gasteiger partial charge >= 0.3 is 5.97 Å². The molecule has 140 valence electrons. The number of esters is 1. The molecule has 3 N–H and O–H groups in total. The van der Waals surface area contributed by atoms with Gasteiger partial charge in [-0.1, -0.05) is 11.6 Å². The van der Waals surface area contributed by atoms with Gasteiger partial charge in [-0.3, -0.25) is 4.79 Å². The fourth-order valence-electron chi connectivity index (χ4n) is 2.16. The monoisotopic (exact) mass is 399 g/mol. The second-order valence-electron chi connectivity index (χ2n) is 5.12. The largest absolute Gasteiger partial charge is 0.508 e. The number of carbonyl (C=O) groups is 2. The minimum atomic E-state index is -0.503. The van der Waals surface area contributed by atoms with Crippen LogP contribution >= 0.6 is 24.0 Å². The molecule has 2 aromatic rings. The summed E-state index contributed by atoms with van der Waals surface area (Å²) in [6.45, 7) is 1.82. The quantitative estimate of drug-likeness (QED) is 0.548. The van der Waals surface area contributed by atoms with Crippen molar-refractivity contribution in [3.05, 3.63) is 58.1 Å². The van der Waals surface area contributed by atoms with Crippen molar-refractivity contribution < 1.29 is 24.2 Å². The molecule has 0 aliphatic carbocycles. The third kappa shape index (κ3) is 5.36. The predicted molar refractivity (Wildman–Crippen MR) is 100 cm³/mol. The number of phenols is 1. The number of aromatic hydroxyl groups is 1. The van der Waals surface area contributed by atoms with Crippen molar-refractivity contribution in [3.63, 3.8) is 0 Å². The van der Waals surface area contributed by atoms with Crippen LogP contribution in [-0.2, 0) is 16.1 Å². The Morgan fingerprint density at radius 1 is 1.15 bits per heavy atom. The van der Waals surface area contributed by atoms with Crippen LogP contribution in [0.25, 0.3) is 0 Å². The maximum atomic E-state index is 12.5. The minimum absolute atomic E-state index is 0. The zero-order chi connectivity index (χ0) is 18.4. The summed E-state index contributed by atoms with van der Waals surface area (Å²) in [6, 6.07) is 8.99. The number of phenolic OH excluding ortho intramolecular Hbond substituents is 1. The molecule has 6 nitrogen and oxygen atoms in total. The summed E-state index contributed by atoms with van der Waals surface area (Å²) in [5.74, 6) is -0.454. The number of carbonyl (C=O) groups excluding carboxylic acids is 2. The Morgan fingerprint density at radius 2 is 1.81 bits per heavy atom. The van der Waals surface area contributed by atoms with E-state index in [4.69, 9.17) is 26.8 Å². The van der Waals surface area contributed by atoms with Crippen LogP contribution in [0.2, 0.25) is 5.02 Å². The van der Waals surface area contributed by atoms with Crippen molar-refractivity contribution in [1.82, 2.24) is 0 Å². The molecule has 2 rings (SSSR count). The van der Waals surface area contributed by atoms with E-state index >= 15 is 0 Å². The lowest BCUT2D eigenvalue weighted by Gasteiger charge is -2.09. The van der Waals surface area contributed by atoms with Crippen LogP contribution in [0, 0.1) is 0 Å². The Morgan fingerprint density at radius 3 is 2.42 bits per heavy atom. The van der Waals surface area contributed by atoms with E-state index in [9.17, 15) is 14.7 Å². The third-order valence-electron chi connectivity index (χ3n) is 3.41. The normalized spacial score (nSPS) is 9.96. The smallest absolute Gasteiger partial charge is 0.344 e. The first kappa shape index (κ1) is 21.8. The molecule has 0 aromatic heterocycles. The van der Waals surface area contributed by atoms with Gasteiger partial charge in [0, 0.05) is 23.2 Å². The van der Waals surface area contributed by atoms with Crippen LogP contribution in [0.5, 0.6) is 11.5 Å². The maximum absolute atomic E-state index is 12.5. The minimum Gasteiger partial charge on any atom is -0.508 e. The van der Waals surface area contributed by atoms with Gasteiger partial charge in [-0.05, 0) is 43.3 Å². The molecule has 0 atom stereocenters. The number of hydrogen-bond acceptors (Lipinski definition) is 6. The molecule has 2 aromatic carbocycles. The molecule has 26 heavy (non-hydrogen) atoms. The number of ketones is 1. The summed E-state index contributed by atoms with van der Waals surface area (Å²) in [5, 5.41) is 9.85. The van der Waals surface area contributed by atoms with Crippen LogP contribution in [0.15, 0.2) is 36.4 Å². The first-order valence-corrected chi connectivity index (χ1v) is 7.98. The van der Waals surface area contributed by atoms with E-state index in [1.807, 2.05) is 0 Å². The average Bonchev–Trinajstić information content (AvgIpc) is 2.60. The van der Waals surface area contributed by atoms with Gasteiger partial charge in [-0.2, -0.15) is 0 Å². The fourth-order valence-corrected chi connectivity index (χ4v) is 2.39. The first-order chi connectivity index (χ1) is 12.0. The van der Waals surface area contributed by atoms with Crippen molar-refractivity contribution in [2.45, 2.75) is 13.5 Å². The van der Waals surface area contributed by atoms with Gasteiger partial charge in [0.2, 0.25) is 0 Å². The van der Waals surface area contributed by atoms with E-state index in [1.165, 1.54) is 30.3 Å². The van der Waals surface area contributed by atoms with Crippen LogP contribution in [0.1, 0.15) is 28.4 Å². The molecule has 0 amide bonds. The molecule has 0 aliphatic rings. The van der Waals surface area contributed by atoms with Gasteiger partial charge < -0.3 is 20.3 Å². The molecule has 0 saturated heterocycles. The maximum Gasteiger partial charge on any atom is 0.344 e. The topological polar surface area (TPSA) is 98.8 Å². The van der Waals surface area contributed by atoms with E-state index in [-0.39, 0.29) is 54.5 Å². The molecule has 0 bridgehead atoms. The van der Waals surface area contributed by atoms with E-state index in [1.54, 1.807) is 13.0 Å². The molecule has 0 aliphatic heterocycles. The molecule has 0 spiro atoms.